The molecule has 3 aliphatic rings. The highest BCUT2D eigenvalue weighted by Gasteiger charge is 2.32. The van der Waals surface area contributed by atoms with Gasteiger partial charge >= 0.3 is 11.9 Å². The number of rotatable bonds is 16. The molecule has 3 N–H and O–H groups in total. The van der Waals surface area contributed by atoms with Gasteiger partial charge in [-0.1, -0.05) is 30.3 Å². The Labute approximate surface area is 364 Å². The Morgan fingerprint density at radius 3 is 2.37 bits per heavy atom. The van der Waals surface area contributed by atoms with Gasteiger partial charge in [0.25, 0.3) is 0 Å². The number of hydrogen-bond donors (Lipinski definition) is 3. The molecule has 2 aliphatic heterocycles. The number of carbonyl (C=O) groups is 2. The lowest BCUT2D eigenvalue weighted by Gasteiger charge is -2.34. The summed E-state index contributed by atoms with van der Waals surface area (Å²) in [6.45, 7) is 8.62. The number of aromatic nitrogens is 5. The first-order chi connectivity index (χ1) is 30.3. The van der Waals surface area contributed by atoms with E-state index < -0.39 is 30.6 Å². The van der Waals surface area contributed by atoms with Crippen molar-refractivity contribution in [2.75, 3.05) is 51.3 Å². The fraction of sp³-hybridized carbons (Fsp3) is 0.543. The molecule has 0 bridgehead atoms. The Morgan fingerprint density at radius 2 is 1.63 bits per heavy atom. The summed E-state index contributed by atoms with van der Waals surface area (Å²) < 4.78 is 50.3. The van der Waals surface area contributed by atoms with Gasteiger partial charge < -0.3 is 24.6 Å². The summed E-state index contributed by atoms with van der Waals surface area (Å²) in [5, 5.41) is 16.2. The summed E-state index contributed by atoms with van der Waals surface area (Å²) in [7, 11) is 1.71. The van der Waals surface area contributed by atoms with Gasteiger partial charge in [-0.25, -0.2) is 9.78 Å². The van der Waals surface area contributed by atoms with E-state index in [2.05, 4.69) is 60.4 Å². The van der Waals surface area contributed by atoms with Crippen molar-refractivity contribution in [2.45, 2.75) is 108 Å². The fourth-order valence-electron chi connectivity index (χ4n) is 9.45. The van der Waals surface area contributed by atoms with Gasteiger partial charge in [-0.15, -0.1) is 0 Å². The highest BCUT2D eigenvalue weighted by atomic mass is 19.4. The molecule has 338 valence electrons. The van der Waals surface area contributed by atoms with Crippen LogP contribution in [0.15, 0.2) is 59.7 Å². The van der Waals surface area contributed by atoms with Crippen LogP contribution in [-0.4, -0.2) is 115 Å². The van der Waals surface area contributed by atoms with E-state index in [0.29, 0.717) is 43.6 Å². The predicted octanol–water partition coefficient (Wildman–Crippen LogP) is 6.12. The highest BCUT2D eigenvalue weighted by molar-refractivity contribution is 6.00. The second-order valence-electron chi connectivity index (χ2n) is 17.6. The molecule has 2 saturated heterocycles. The maximum atomic E-state index is 13.1. The van der Waals surface area contributed by atoms with Gasteiger partial charge in [-0.3, -0.25) is 28.9 Å². The molecule has 5 aromatic rings. The molecule has 2 atom stereocenters. The Hall–Kier alpha value is -5.10. The van der Waals surface area contributed by atoms with Crippen molar-refractivity contribution in [3.63, 3.8) is 0 Å². The molecule has 1 aliphatic carbocycles. The Morgan fingerprint density at radius 1 is 0.921 bits per heavy atom. The van der Waals surface area contributed by atoms with E-state index in [1.807, 2.05) is 18.2 Å². The maximum absolute atomic E-state index is 13.1. The number of piperidine rings is 1. The van der Waals surface area contributed by atoms with Crippen molar-refractivity contribution in [3.05, 3.63) is 76.5 Å². The van der Waals surface area contributed by atoms with Crippen LogP contribution >= 0.6 is 0 Å². The second-order valence-corrected chi connectivity index (χ2v) is 17.6. The zero-order valence-electron chi connectivity index (χ0n) is 36.1. The summed E-state index contributed by atoms with van der Waals surface area (Å²) in [4.78, 5) is 51.3. The van der Waals surface area contributed by atoms with Crippen LogP contribution in [0, 0.1) is 0 Å². The van der Waals surface area contributed by atoms with Crippen LogP contribution < -0.4 is 16.3 Å². The Kier molecular flexibility index (Phi) is 13.7. The number of aliphatic hydroxyl groups excluding tert-OH is 1. The van der Waals surface area contributed by atoms with Crippen LogP contribution in [0.2, 0.25) is 0 Å². The number of ether oxygens (including phenoxy) is 1. The van der Waals surface area contributed by atoms with E-state index in [1.165, 1.54) is 17.1 Å². The molecule has 2 amide bonds. The molecule has 0 spiro atoms. The van der Waals surface area contributed by atoms with Crippen LogP contribution in [0.1, 0.15) is 87.9 Å². The monoisotopic (exact) mass is 873 g/mol. The number of halogens is 3. The number of benzene rings is 2. The maximum Gasteiger partial charge on any atom is 0.391 e. The Bertz CT molecular complexity index is 2450. The number of nitrogens with one attached hydrogen (secondary N) is 2. The molecule has 0 radical (unpaired) electrons. The van der Waals surface area contributed by atoms with Gasteiger partial charge in [0, 0.05) is 101 Å². The molecule has 63 heavy (non-hydrogen) atoms. The zero-order chi connectivity index (χ0) is 44.3. The number of hydrogen-bond acceptors (Lipinski definition) is 10. The van der Waals surface area contributed by atoms with E-state index in [1.54, 1.807) is 17.8 Å². The molecular formula is C46H58F3N9O5. The first kappa shape index (κ1) is 44.5. The normalized spacial score (nSPS) is 21.0. The van der Waals surface area contributed by atoms with Crippen LogP contribution in [-0.2, 0) is 34.3 Å². The summed E-state index contributed by atoms with van der Waals surface area (Å²) in [5.41, 5.74) is 6.18. The lowest BCUT2D eigenvalue weighted by Crippen LogP contribution is -2.46. The number of imidazole rings is 1. The average molecular weight is 874 g/mol. The van der Waals surface area contributed by atoms with Gasteiger partial charge in [-0.2, -0.15) is 18.2 Å². The van der Waals surface area contributed by atoms with Crippen molar-refractivity contribution in [3.8, 4) is 11.1 Å². The van der Waals surface area contributed by atoms with Crippen molar-refractivity contribution in [2.24, 2.45) is 7.05 Å². The smallest absolute Gasteiger partial charge is 0.391 e. The van der Waals surface area contributed by atoms with Gasteiger partial charge in [0.2, 0.25) is 17.8 Å². The number of alkyl halides is 3. The zero-order valence-corrected chi connectivity index (χ0v) is 36.1. The standard InChI is InChI=1S/C46H58F3N9O5/c1-30(26-46(47,48)49)51-44-50-27-36-37(29-57(42(36)53-44)34-11-13-35(59)14-12-34)33-9-6-32(7-10-33)28-56-21-19-55(20-22-56)18-4-24-63-23-3-5-31-8-15-38-40(25-31)54(2)45(62)58(38)39-16-17-41(60)52-43(39)61/h6-10,15,25,27,29-30,34-35,39,59H,3-5,11-14,16-24,26,28H2,1-2H3,(H,50,51,53)(H,52,60,61)/t30-,34-,35-,39?/m0/s1. The molecular weight excluding hydrogens is 816 g/mol. The van der Waals surface area contributed by atoms with Crippen LogP contribution in [0.3, 0.4) is 0 Å². The molecule has 8 rings (SSSR count). The van der Waals surface area contributed by atoms with Gasteiger partial charge in [0.1, 0.15) is 11.7 Å². The largest absolute Gasteiger partial charge is 0.393 e. The molecule has 3 aromatic heterocycles. The molecule has 1 saturated carbocycles. The number of carbonyl (C=O) groups excluding carboxylic acids is 2. The third kappa shape index (κ3) is 10.6. The minimum Gasteiger partial charge on any atom is -0.393 e. The van der Waals surface area contributed by atoms with Crippen molar-refractivity contribution < 1.29 is 32.6 Å². The summed E-state index contributed by atoms with van der Waals surface area (Å²) in [5.74, 6) is -0.574. The van der Waals surface area contributed by atoms with Crippen molar-refractivity contribution >= 4 is 39.8 Å². The Balaban J connectivity index is 0.777. The summed E-state index contributed by atoms with van der Waals surface area (Å²) in [6, 6.07) is 13.0. The molecule has 5 heterocycles. The summed E-state index contributed by atoms with van der Waals surface area (Å²) >= 11 is 0. The van der Waals surface area contributed by atoms with E-state index in [4.69, 9.17) is 9.72 Å². The van der Waals surface area contributed by atoms with Gasteiger partial charge in [0.05, 0.1) is 23.6 Å². The summed E-state index contributed by atoms with van der Waals surface area (Å²) in [6.07, 6.45) is 4.32. The SMILES string of the molecule is C[C@@H](CC(F)(F)F)Nc1ncc2c(-c3ccc(CN4CCN(CCCOCCCc5ccc6c(c5)n(C)c(=O)n6C5CCC(=O)NC5=O)CC4)cc3)cn([C@H]3CC[C@H](O)CC3)c2n1. The lowest BCUT2D eigenvalue weighted by molar-refractivity contribution is -0.137. The lowest BCUT2D eigenvalue weighted by atomic mass is 9.93. The number of fused-ring (bicyclic) bond motifs is 2. The minimum atomic E-state index is -4.29. The number of aryl methyl sites for hydroxylation is 2. The molecule has 2 aromatic carbocycles. The van der Waals surface area contributed by atoms with Crippen LogP contribution in [0.4, 0.5) is 19.1 Å². The molecule has 14 nitrogen and oxygen atoms in total. The van der Waals surface area contributed by atoms with E-state index in [-0.39, 0.29) is 36.1 Å². The number of amides is 2. The number of piperazine rings is 1. The molecule has 3 fully saturated rings. The topological polar surface area (TPSA) is 152 Å². The number of anilines is 1. The van der Waals surface area contributed by atoms with Crippen LogP contribution in [0.25, 0.3) is 33.2 Å². The van der Waals surface area contributed by atoms with Gasteiger partial charge in [0.15, 0.2) is 0 Å². The second kappa shape index (κ2) is 19.3. The first-order valence-corrected chi connectivity index (χ1v) is 22.3. The third-order valence-corrected chi connectivity index (χ3v) is 12.9. The van der Waals surface area contributed by atoms with Crippen LogP contribution in [0.5, 0.6) is 0 Å². The van der Waals surface area contributed by atoms with E-state index in [9.17, 15) is 32.7 Å². The number of imide groups is 1. The van der Waals surface area contributed by atoms with Gasteiger partial charge in [-0.05, 0) is 87.1 Å². The third-order valence-electron chi connectivity index (χ3n) is 12.9. The minimum absolute atomic E-state index is 0.126. The first-order valence-electron chi connectivity index (χ1n) is 22.3. The van der Waals surface area contributed by atoms with E-state index in [0.717, 1.165) is 99.0 Å². The molecule has 1 unspecified atom stereocenters. The van der Waals surface area contributed by atoms with Crippen molar-refractivity contribution in [1.29, 1.82) is 0 Å². The number of aliphatic hydroxyl groups is 1. The van der Waals surface area contributed by atoms with E-state index >= 15 is 0 Å². The highest BCUT2D eigenvalue weighted by Crippen LogP contribution is 2.37. The quantitative estimate of drug-likeness (QED) is 0.0783. The predicted molar refractivity (Wildman–Crippen MR) is 234 cm³/mol. The number of nitrogens with zero attached hydrogens (tertiary/aromatic N) is 7. The fourth-order valence-corrected chi connectivity index (χ4v) is 9.45. The van der Waals surface area contributed by atoms with Crippen molar-refractivity contribution in [1.82, 2.24) is 38.8 Å². The average Bonchev–Trinajstić information content (AvgIpc) is 3.74. The molecule has 17 heteroatoms.